The van der Waals surface area contributed by atoms with Gasteiger partial charge in [0.15, 0.2) is 5.13 Å². The van der Waals surface area contributed by atoms with Crippen molar-refractivity contribution in [1.29, 1.82) is 0 Å². The molecule has 1 saturated heterocycles. The Kier molecular flexibility index (Phi) is 5.48. The van der Waals surface area contributed by atoms with Gasteiger partial charge in [0.25, 0.3) is 5.91 Å². The van der Waals surface area contributed by atoms with Crippen LogP contribution in [-0.4, -0.2) is 40.6 Å². The molecular weight excluding hydrogens is 370 g/mol. The van der Waals surface area contributed by atoms with Crippen molar-refractivity contribution in [2.75, 3.05) is 20.2 Å². The summed E-state index contributed by atoms with van der Waals surface area (Å²) in [4.78, 5) is 20.7. The third-order valence-electron chi connectivity index (χ3n) is 5.35. The highest BCUT2D eigenvalue weighted by molar-refractivity contribution is 7.16. The van der Waals surface area contributed by atoms with Crippen LogP contribution in [0.4, 0.5) is 0 Å². The predicted molar refractivity (Wildman–Crippen MR) is 112 cm³/mol. The minimum absolute atomic E-state index is 0.105. The molecule has 1 fully saturated rings. The smallest absolute Gasteiger partial charge is 0.265 e. The number of benzene rings is 1. The standard InChI is InChI=1S/C22H25N3O2S/c1-16-20(28-22(23-16)24-12-5-6-13-24)21(26)25-14-4-3-7-18(15-25)17-8-10-19(27-2)11-9-17/h5-6,8-13,18H,3-4,7,14-15H2,1-2H3/t18-/m1/s1. The van der Waals surface area contributed by atoms with Gasteiger partial charge in [0.2, 0.25) is 0 Å². The molecule has 0 bridgehead atoms. The molecule has 1 amide bonds. The van der Waals surface area contributed by atoms with Gasteiger partial charge < -0.3 is 14.2 Å². The summed E-state index contributed by atoms with van der Waals surface area (Å²) in [5.74, 6) is 1.33. The minimum Gasteiger partial charge on any atom is -0.497 e. The van der Waals surface area contributed by atoms with Crippen molar-refractivity contribution in [3.8, 4) is 10.9 Å². The third-order valence-corrected chi connectivity index (χ3v) is 6.51. The molecule has 0 unspecified atom stereocenters. The van der Waals surface area contributed by atoms with Crippen molar-refractivity contribution in [2.24, 2.45) is 0 Å². The van der Waals surface area contributed by atoms with E-state index in [-0.39, 0.29) is 5.91 Å². The fourth-order valence-corrected chi connectivity index (χ4v) is 4.77. The van der Waals surface area contributed by atoms with E-state index in [0.717, 1.165) is 53.8 Å². The highest BCUT2D eigenvalue weighted by atomic mass is 32.1. The molecule has 146 valence electrons. The number of rotatable bonds is 4. The number of likely N-dealkylation sites (tertiary alicyclic amines) is 1. The van der Waals surface area contributed by atoms with Gasteiger partial charge >= 0.3 is 0 Å². The zero-order valence-corrected chi connectivity index (χ0v) is 17.1. The molecule has 1 aromatic carbocycles. The van der Waals surface area contributed by atoms with E-state index in [9.17, 15) is 4.79 Å². The second kappa shape index (κ2) is 8.19. The average molecular weight is 396 g/mol. The van der Waals surface area contributed by atoms with Crippen LogP contribution < -0.4 is 4.74 Å². The van der Waals surface area contributed by atoms with Gasteiger partial charge in [-0.1, -0.05) is 29.9 Å². The van der Waals surface area contributed by atoms with Crippen LogP contribution in [-0.2, 0) is 0 Å². The van der Waals surface area contributed by atoms with Crippen molar-refractivity contribution in [3.63, 3.8) is 0 Å². The van der Waals surface area contributed by atoms with Crippen LogP contribution in [0, 0.1) is 6.92 Å². The molecule has 1 atom stereocenters. The van der Waals surface area contributed by atoms with E-state index >= 15 is 0 Å². The van der Waals surface area contributed by atoms with Crippen molar-refractivity contribution in [2.45, 2.75) is 32.1 Å². The van der Waals surface area contributed by atoms with E-state index in [4.69, 9.17) is 4.74 Å². The number of nitrogens with zero attached hydrogens (tertiary/aromatic N) is 3. The first-order valence-electron chi connectivity index (χ1n) is 9.69. The van der Waals surface area contributed by atoms with Crippen LogP contribution >= 0.6 is 11.3 Å². The molecule has 0 radical (unpaired) electrons. The van der Waals surface area contributed by atoms with Crippen molar-refractivity contribution >= 4 is 17.2 Å². The number of aryl methyl sites for hydroxylation is 1. The summed E-state index contributed by atoms with van der Waals surface area (Å²) in [6.07, 6.45) is 7.19. The van der Waals surface area contributed by atoms with Gasteiger partial charge in [-0.05, 0) is 49.6 Å². The van der Waals surface area contributed by atoms with Gasteiger partial charge in [0, 0.05) is 31.4 Å². The highest BCUT2D eigenvalue weighted by Gasteiger charge is 2.27. The van der Waals surface area contributed by atoms with Crippen molar-refractivity contribution < 1.29 is 9.53 Å². The Labute approximate surface area is 169 Å². The maximum atomic E-state index is 13.3. The molecule has 3 heterocycles. The molecule has 6 heteroatoms. The Hall–Kier alpha value is -2.60. The lowest BCUT2D eigenvalue weighted by atomic mass is 9.94. The van der Waals surface area contributed by atoms with Crippen LogP contribution in [0.3, 0.4) is 0 Å². The Balaban J connectivity index is 1.54. The van der Waals surface area contributed by atoms with Gasteiger partial charge in [-0.15, -0.1) is 0 Å². The van der Waals surface area contributed by atoms with Crippen LogP contribution in [0.2, 0.25) is 0 Å². The lowest BCUT2D eigenvalue weighted by Crippen LogP contribution is -2.34. The van der Waals surface area contributed by atoms with E-state index in [1.165, 1.54) is 16.9 Å². The number of aromatic nitrogens is 2. The Morgan fingerprint density at radius 3 is 2.64 bits per heavy atom. The molecule has 0 N–H and O–H groups in total. The Bertz CT molecular complexity index is 931. The molecule has 0 aliphatic carbocycles. The first-order chi connectivity index (χ1) is 13.7. The zero-order chi connectivity index (χ0) is 19.5. The lowest BCUT2D eigenvalue weighted by Gasteiger charge is -2.24. The largest absolute Gasteiger partial charge is 0.497 e. The SMILES string of the molecule is COc1ccc([C@@H]2CCCCN(C(=O)c3sc(-n4cccc4)nc3C)C2)cc1. The summed E-state index contributed by atoms with van der Waals surface area (Å²) in [6, 6.07) is 12.2. The molecule has 1 aliphatic rings. The molecule has 4 rings (SSSR count). The number of methoxy groups -OCH3 is 1. The molecule has 28 heavy (non-hydrogen) atoms. The number of ether oxygens (including phenoxy) is 1. The number of carbonyl (C=O) groups excluding carboxylic acids is 1. The van der Waals surface area contributed by atoms with Gasteiger partial charge in [0.1, 0.15) is 10.6 Å². The van der Waals surface area contributed by atoms with E-state index in [0.29, 0.717) is 5.92 Å². The fraction of sp³-hybridized carbons (Fsp3) is 0.364. The fourth-order valence-electron chi connectivity index (χ4n) is 3.77. The van der Waals surface area contributed by atoms with Crippen LogP contribution in [0.25, 0.3) is 5.13 Å². The molecule has 0 spiro atoms. The maximum Gasteiger partial charge on any atom is 0.265 e. The first kappa shape index (κ1) is 18.7. The summed E-state index contributed by atoms with van der Waals surface area (Å²) in [6.45, 7) is 3.48. The summed E-state index contributed by atoms with van der Waals surface area (Å²) in [5, 5.41) is 0.840. The molecular formula is C22H25N3O2S. The van der Waals surface area contributed by atoms with Gasteiger partial charge in [-0.25, -0.2) is 4.98 Å². The number of hydrogen-bond acceptors (Lipinski definition) is 4. The van der Waals surface area contributed by atoms with Gasteiger partial charge in [-0.2, -0.15) is 0 Å². The number of thiazole rings is 1. The van der Waals surface area contributed by atoms with Gasteiger partial charge in [-0.3, -0.25) is 4.79 Å². The second-order valence-corrected chi connectivity index (χ2v) is 8.20. The number of amides is 1. The number of hydrogen-bond donors (Lipinski definition) is 0. The monoisotopic (exact) mass is 395 g/mol. The van der Waals surface area contributed by atoms with Gasteiger partial charge in [0.05, 0.1) is 12.8 Å². The van der Waals surface area contributed by atoms with Crippen LogP contribution in [0.1, 0.15) is 46.1 Å². The highest BCUT2D eigenvalue weighted by Crippen LogP contribution is 2.30. The molecule has 1 aliphatic heterocycles. The Morgan fingerprint density at radius 2 is 1.93 bits per heavy atom. The molecule has 2 aromatic heterocycles. The summed E-state index contributed by atoms with van der Waals surface area (Å²) in [7, 11) is 1.68. The predicted octanol–water partition coefficient (Wildman–Crippen LogP) is 4.66. The Morgan fingerprint density at radius 1 is 1.18 bits per heavy atom. The maximum absolute atomic E-state index is 13.3. The van der Waals surface area contributed by atoms with Crippen molar-refractivity contribution in [1.82, 2.24) is 14.5 Å². The van der Waals surface area contributed by atoms with Crippen LogP contribution in [0.5, 0.6) is 5.75 Å². The quantitative estimate of drug-likeness (QED) is 0.645. The molecule has 3 aromatic rings. The molecule has 0 saturated carbocycles. The molecule has 5 nitrogen and oxygen atoms in total. The zero-order valence-electron chi connectivity index (χ0n) is 16.3. The summed E-state index contributed by atoms with van der Waals surface area (Å²) < 4.78 is 7.23. The van der Waals surface area contributed by atoms with Crippen LogP contribution in [0.15, 0.2) is 48.8 Å². The topological polar surface area (TPSA) is 47.4 Å². The average Bonchev–Trinajstić information content (AvgIpc) is 3.31. The van der Waals surface area contributed by atoms with E-state index in [1.807, 2.05) is 53.0 Å². The van der Waals surface area contributed by atoms with E-state index in [1.54, 1.807) is 7.11 Å². The lowest BCUT2D eigenvalue weighted by molar-refractivity contribution is 0.0758. The number of carbonyl (C=O) groups is 1. The summed E-state index contributed by atoms with van der Waals surface area (Å²) in [5.41, 5.74) is 2.08. The first-order valence-corrected chi connectivity index (χ1v) is 10.5. The normalized spacial score (nSPS) is 17.4. The summed E-state index contributed by atoms with van der Waals surface area (Å²) >= 11 is 1.47. The van der Waals surface area contributed by atoms with Crippen molar-refractivity contribution in [3.05, 3.63) is 64.9 Å². The minimum atomic E-state index is 0.105. The third kappa shape index (κ3) is 3.83. The van der Waals surface area contributed by atoms with E-state index < -0.39 is 0 Å². The van der Waals surface area contributed by atoms with E-state index in [2.05, 4.69) is 17.1 Å². The second-order valence-electron chi connectivity index (χ2n) is 7.22.